The van der Waals surface area contributed by atoms with Crippen molar-refractivity contribution < 1.29 is 0 Å². The van der Waals surface area contributed by atoms with Crippen molar-refractivity contribution in [2.75, 3.05) is 0 Å². The zero-order chi connectivity index (χ0) is 5.86. The van der Waals surface area contributed by atoms with E-state index in [1.165, 1.54) is 5.57 Å². The summed E-state index contributed by atoms with van der Waals surface area (Å²) in [4.78, 5) is 0. The first kappa shape index (κ1) is 7.34. The normalized spacial score (nSPS) is 13.3. The Morgan fingerprint density at radius 1 is 1.57 bits per heavy atom. The van der Waals surface area contributed by atoms with E-state index in [2.05, 4.69) is 44.6 Å². The average molecular weight is 90.1 g/mol. The van der Waals surface area contributed by atoms with Gasteiger partial charge in [-0.3, -0.25) is 0 Å². The van der Waals surface area contributed by atoms with Crippen LogP contribution in [-0.2, 0) is 0 Å². The molecule has 0 saturated carbocycles. The summed E-state index contributed by atoms with van der Waals surface area (Å²) in [5.74, 6) is 0. The van der Waals surface area contributed by atoms with E-state index in [0.717, 1.165) is 0 Å². The fourth-order valence-corrected chi connectivity index (χ4v) is 0.667. The first-order valence-electron chi connectivity index (χ1n) is 2.78. The summed E-state index contributed by atoms with van der Waals surface area (Å²) in [6.07, 6.45) is 2.25. The molecule has 0 aliphatic heterocycles. The van der Waals surface area contributed by atoms with Gasteiger partial charge in [0.2, 0.25) is 0 Å². The molecule has 0 saturated heterocycles. The Balaban J connectivity index is 3.45. The third kappa shape index (κ3) is 6.34. The van der Waals surface area contributed by atoms with E-state index in [4.69, 9.17) is 0 Å². The fourth-order valence-electron chi connectivity index (χ4n) is 0.667. The minimum absolute atomic E-state index is 0.713. The van der Waals surface area contributed by atoms with Crippen molar-refractivity contribution in [2.45, 2.75) is 25.4 Å². The Kier molecular flexibility index (Phi) is 3.52. The molecule has 1 heteroatoms. The van der Waals surface area contributed by atoms with E-state index in [0.29, 0.717) is 4.59 Å². The van der Waals surface area contributed by atoms with Crippen molar-refractivity contribution in [3.63, 3.8) is 0 Å². The van der Waals surface area contributed by atoms with Crippen LogP contribution in [0.3, 0.4) is 0 Å². The van der Waals surface area contributed by atoms with E-state index in [-0.39, 0.29) is 0 Å². The van der Waals surface area contributed by atoms with Crippen LogP contribution in [0, 0.1) is 0 Å². The monoisotopic (exact) mass is 90.1 g/mol. The summed E-state index contributed by atoms with van der Waals surface area (Å²) in [7, 11) is 0. The predicted molar refractivity (Wildman–Crippen MR) is 34.6 cm³/mol. The van der Waals surface area contributed by atoms with E-state index in [1.54, 1.807) is 0 Å². The predicted octanol–water partition coefficient (Wildman–Crippen LogP) is 1.93. The topological polar surface area (TPSA) is 0 Å². The molecule has 0 aliphatic carbocycles. The molecule has 0 spiro atoms. The van der Waals surface area contributed by atoms with Crippen molar-refractivity contribution in [1.29, 1.82) is 0 Å². The van der Waals surface area contributed by atoms with Gasteiger partial charge in [-0.2, -0.15) is 0 Å². The van der Waals surface area contributed by atoms with Gasteiger partial charge in [0, 0.05) is 0 Å². The molecule has 0 amide bonds. The second kappa shape index (κ2) is 3.35. The maximum atomic E-state index is 2.25. The van der Waals surface area contributed by atoms with E-state index in [9.17, 15) is 0 Å². The molecular formula is C6H11Li. The molecule has 0 aromatic carbocycles. The zero-order valence-corrected chi connectivity index (χ0v) is 5.65. The Labute approximate surface area is 55.2 Å². The van der Waals surface area contributed by atoms with Crippen molar-refractivity contribution in [3.8, 4) is 0 Å². The third-order valence-electron chi connectivity index (χ3n) is 0.667. The van der Waals surface area contributed by atoms with Gasteiger partial charge in [-0.15, -0.1) is 0 Å². The molecular weight excluding hydrogens is 79.0 g/mol. The van der Waals surface area contributed by atoms with Crippen LogP contribution in [0.4, 0.5) is 0 Å². The molecule has 0 bridgehead atoms. The molecule has 0 aromatic heterocycles. The number of allylic oxidation sites excluding steroid dienone is 2. The van der Waals surface area contributed by atoms with Gasteiger partial charge < -0.3 is 0 Å². The molecule has 0 aliphatic rings. The average Bonchev–Trinajstić information content (AvgIpc) is 1.27. The van der Waals surface area contributed by atoms with Gasteiger partial charge >= 0.3 is 54.7 Å². The van der Waals surface area contributed by atoms with Crippen LogP contribution < -0.4 is 0 Å². The van der Waals surface area contributed by atoms with Gasteiger partial charge in [0.15, 0.2) is 0 Å². The Morgan fingerprint density at radius 3 is 2.00 bits per heavy atom. The number of hydrogen-bond acceptors (Lipinski definition) is 0. The molecule has 0 N–H and O–H groups in total. The summed E-state index contributed by atoms with van der Waals surface area (Å²) in [5.41, 5.74) is 1.41. The van der Waals surface area contributed by atoms with Crippen LogP contribution in [0.25, 0.3) is 0 Å². The maximum absolute atomic E-state index is 2.25. The molecule has 0 heterocycles. The molecule has 0 nitrogen and oxygen atoms in total. The Bertz CT molecular complexity index is 68.2. The van der Waals surface area contributed by atoms with Gasteiger partial charge in [-0.25, -0.2) is 0 Å². The molecule has 1 unspecified atom stereocenters. The molecule has 1 atom stereocenters. The van der Waals surface area contributed by atoms with Gasteiger partial charge in [0.25, 0.3) is 0 Å². The van der Waals surface area contributed by atoms with Crippen LogP contribution in [0.5, 0.6) is 0 Å². The molecule has 7 heavy (non-hydrogen) atoms. The first-order valence-corrected chi connectivity index (χ1v) is 2.78. The van der Waals surface area contributed by atoms with Crippen LogP contribution >= 0.6 is 0 Å². The van der Waals surface area contributed by atoms with Crippen molar-refractivity contribution in [3.05, 3.63) is 11.6 Å². The van der Waals surface area contributed by atoms with Crippen LogP contribution in [0.2, 0.25) is 4.59 Å². The second-order valence-corrected chi connectivity index (χ2v) is 2.49. The molecule has 0 aromatic rings. The van der Waals surface area contributed by atoms with Crippen LogP contribution in [0.1, 0.15) is 20.8 Å². The summed E-state index contributed by atoms with van der Waals surface area (Å²) < 4.78 is 0.713. The van der Waals surface area contributed by atoms with E-state index in [1.807, 2.05) is 0 Å². The van der Waals surface area contributed by atoms with Gasteiger partial charge in [-0.05, 0) is 0 Å². The van der Waals surface area contributed by atoms with Crippen LogP contribution in [0.15, 0.2) is 11.6 Å². The van der Waals surface area contributed by atoms with Crippen LogP contribution in [-0.4, -0.2) is 17.7 Å². The van der Waals surface area contributed by atoms with Crippen molar-refractivity contribution >= 4 is 17.7 Å². The minimum atomic E-state index is 0.713. The summed E-state index contributed by atoms with van der Waals surface area (Å²) in [6, 6.07) is 0. The molecule has 36 valence electrons. The quantitative estimate of drug-likeness (QED) is 0.341. The number of hydrogen-bond donors (Lipinski definition) is 0. The van der Waals surface area contributed by atoms with Gasteiger partial charge in [-0.1, -0.05) is 0 Å². The van der Waals surface area contributed by atoms with E-state index < -0.39 is 0 Å². The number of rotatable bonds is 1. The SMILES string of the molecule is [Li][CH](C)C=C(C)C. The van der Waals surface area contributed by atoms with E-state index >= 15 is 0 Å². The summed E-state index contributed by atoms with van der Waals surface area (Å²) >= 11 is 2.19. The Morgan fingerprint density at radius 2 is 2.00 bits per heavy atom. The second-order valence-electron chi connectivity index (χ2n) is 2.49. The molecule has 0 fully saturated rings. The first-order chi connectivity index (χ1) is 3.13. The summed E-state index contributed by atoms with van der Waals surface area (Å²) in [5, 5.41) is 0. The Hall–Kier alpha value is 0.337. The standard InChI is InChI=1S/C6H11.Li/c1-4-5-6(2)3;/h4-5H,1-3H3;. The third-order valence-corrected chi connectivity index (χ3v) is 0.667. The van der Waals surface area contributed by atoms with Crippen molar-refractivity contribution in [1.82, 2.24) is 0 Å². The molecule has 0 rings (SSSR count). The zero-order valence-electron chi connectivity index (χ0n) is 5.65. The van der Waals surface area contributed by atoms with Gasteiger partial charge in [0.1, 0.15) is 0 Å². The molecule has 0 radical (unpaired) electrons. The fraction of sp³-hybridized carbons (Fsp3) is 0.667. The van der Waals surface area contributed by atoms with Gasteiger partial charge in [0.05, 0.1) is 0 Å². The van der Waals surface area contributed by atoms with Crippen molar-refractivity contribution in [2.24, 2.45) is 0 Å². The summed E-state index contributed by atoms with van der Waals surface area (Å²) in [6.45, 7) is 6.44.